The van der Waals surface area contributed by atoms with Crippen LogP contribution in [0.5, 0.6) is 0 Å². The number of carbonyl (C=O) groups is 1. The van der Waals surface area contributed by atoms with Crippen LogP contribution in [0.1, 0.15) is 10.4 Å². The van der Waals surface area contributed by atoms with Gasteiger partial charge in [-0.15, -0.1) is 0 Å². The molecule has 0 aromatic heterocycles. The van der Waals surface area contributed by atoms with E-state index in [1.807, 2.05) is 0 Å². The highest BCUT2D eigenvalue weighted by Gasteiger charge is 2.20. The van der Waals surface area contributed by atoms with E-state index in [2.05, 4.69) is 5.32 Å². The van der Waals surface area contributed by atoms with E-state index in [1.54, 1.807) is 6.07 Å². The predicted octanol–water partition coefficient (Wildman–Crippen LogP) is 3.59. The molecule has 3 nitrogen and oxygen atoms in total. The monoisotopic (exact) mass is 300 g/mol. The van der Waals surface area contributed by atoms with E-state index in [0.29, 0.717) is 12.1 Å². The molecule has 1 amide bonds. The van der Waals surface area contributed by atoms with E-state index in [4.69, 9.17) is 17.3 Å². The summed E-state index contributed by atoms with van der Waals surface area (Å²) in [6.45, 7) is 0. The molecular weight excluding hydrogens is 293 g/mol. The second kappa shape index (κ2) is 5.42. The first kappa shape index (κ1) is 14.2. The summed E-state index contributed by atoms with van der Waals surface area (Å²) in [5, 5.41) is 2.31. The molecule has 3 N–H and O–H groups in total. The molecule has 20 heavy (non-hydrogen) atoms. The van der Waals surface area contributed by atoms with Crippen LogP contribution in [0.2, 0.25) is 5.02 Å². The number of nitrogen functional groups attached to an aromatic ring is 1. The predicted molar refractivity (Wildman–Crippen MR) is 70.1 cm³/mol. The molecule has 2 rings (SSSR count). The summed E-state index contributed by atoms with van der Waals surface area (Å²) in [5.74, 6) is -4.86. The second-order valence-corrected chi connectivity index (χ2v) is 4.31. The van der Waals surface area contributed by atoms with Gasteiger partial charge in [0, 0.05) is 12.1 Å². The third-order valence-corrected chi connectivity index (χ3v) is 2.83. The Morgan fingerprint density at radius 1 is 1.15 bits per heavy atom. The van der Waals surface area contributed by atoms with E-state index in [9.17, 15) is 18.0 Å². The Labute approximate surface area is 117 Å². The van der Waals surface area contributed by atoms with Crippen molar-refractivity contribution in [2.24, 2.45) is 0 Å². The number of benzene rings is 2. The highest BCUT2D eigenvalue weighted by Crippen LogP contribution is 2.28. The zero-order valence-electron chi connectivity index (χ0n) is 9.88. The third-order valence-electron chi connectivity index (χ3n) is 2.52. The van der Waals surface area contributed by atoms with Crippen LogP contribution >= 0.6 is 11.6 Å². The smallest absolute Gasteiger partial charge is 0.261 e. The average molecular weight is 301 g/mol. The van der Waals surface area contributed by atoms with Gasteiger partial charge in [0.25, 0.3) is 5.91 Å². The maximum Gasteiger partial charge on any atom is 0.261 e. The van der Waals surface area contributed by atoms with Crippen molar-refractivity contribution in [2.75, 3.05) is 11.1 Å². The first-order valence-electron chi connectivity index (χ1n) is 5.40. The van der Waals surface area contributed by atoms with Crippen LogP contribution in [0.15, 0.2) is 30.3 Å². The Morgan fingerprint density at radius 2 is 1.75 bits per heavy atom. The molecule has 0 saturated heterocycles. The van der Waals surface area contributed by atoms with Gasteiger partial charge in [-0.25, -0.2) is 13.2 Å². The van der Waals surface area contributed by atoms with Gasteiger partial charge in [-0.1, -0.05) is 17.7 Å². The lowest BCUT2D eigenvalue weighted by Gasteiger charge is -2.11. The lowest BCUT2D eigenvalue weighted by Crippen LogP contribution is -2.17. The molecule has 0 aliphatic rings. The molecule has 0 bridgehead atoms. The number of carbonyl (C=O) groups excluding carboxylic acids is 1. The molecular formula is C13H8ClF3N2O. The summed E-state index contributed by atoms with van der Waals surface area (Å²) in [7, 11) is 0. The van der Waals surface area contributed by atoms with Crippen molar-refractivity contribution in [1.82, 2.24) is 0 Å². The molecule has 2 aromatic rings. The fraction of sp³-hybridized carbons (Fsp3) is 0. The van der Waals surface area contributed by atoms with E-state index >= 15 is 0 Å². The molecule has 0 spiro atoms. The number of amides is 1. The molecule has 0 atom stereocenters. The standard InChI is InChI=1S/C13H8ClF3N2O/c14-7-2-1-3-10(18)12(7)19-13(20)11-8(16)4-6(15)5-9(11)17/h1-5H,18H2,(H,19,20). The van der Waals surface area contributed by atoms with Crippen LogP contribution in [-0.2, 0) is 0 Å². The highest BCUT2D eigenvalue weighted by atomic mass is 35.5. The summed E-state index contributed by atoms with van der Waals surface area (Å²) in [6.07, 6.45) is 0. The molecule has 2 aromatic carbocycles. The van der Waals surface area contributed by atoms with E-state index in [-0.39, 0.29) is 16.4 Å². The molecule has 0 heterocycles. The van der Waals surface area contributed by atoms with Gasteiger partial charge in [-0.05, 0) is 12.1 Å². The normalized spacial score (nSPS) is 10.4. The number of hydrogen-bond donors (Lipinski definition) is 2. The van der Waals surface area contributed by atoms with Crippen LogP contribution < -0.4 is 11.1 Å². The van der Waals surface area contributed by atoms with Gasteiger partial charge in [0.15, 0.2) is 0 Å². The second-order valence-electron chi connectivity index (χ2n) is 3.90. The quantitative estimate of drug-likeness (QED) is 0.833. The summed E-state index contributed by atoms with van der Waals surface area (Å²) in [5.41, 5.74) is 4.85. The van der Waals surface area contributed by atoms with E-state index < -0.39 is 28.9 Å². The fourth-order valence-corrected chi connectivity index (χ4v) is 1.84. The molecule has 0 aliphatic heterocycles. The number of para-hydroxylation sites is 1. The third kappa shape index (κ3) is 2.70. The van der Waals surface area contributed by atoms with Crippen molar-refractivity contribution >= 4 is 28.9 Å². The summed E-state index contributed by atoms with van der Waals surface area (Å²) in [4.78, 5) is 11.8. The largest absolute Gasteiger partial charge is 0.397 e. The van der Waals surface area contributed by atoms with Crippen molar-refractivity contribution in [3.8, 4) is 0 Å². The van der Waals surface area contributed by atoms with Crippen LogP contribution in [0.4, 0.5) is 24.5 Å². The molecule has 0 unspecified atom stereocenters. The zero-order valence-corrected chi connectivity index (χ0v) is 10.6. The van der Waals surface area contributed by atoms with Crippen molar-refractivity contribution < 1.29 is 18.0 Å². The zero-order chi connectivity index (χ0) is 14.9. The Balaban J connectivity index is 2.39. The fourth-order valence-electron chi connectivity index (χ4n) is 1.61. The van der Waals surface area contributed by atoms with Gasteiger partial charge in [0.1, 0.15) is 23.0 Å². The first-order chi connectivity index (χ1) is 9.40. The lowest BCUT2D eigenvalue weighted by molar-refractivity contribution is 0.101. The Hall–Kier alpha value is -2.21. The average Bonchev–Trinajstić information content (AvgIpc) is 2.32. The molecule has 0 saturated carbocycles. The molecule has 0 radical (unpaired) electrons. The molecule has 7 heteroatoms. The number of anilines is 2. The van der Waals surface area contributed by atoms with Gasteiger partial charge in [0.05, 0.1) is 16.4 Å². The summed E-state index contributed by atoms with van der Waals surface area (Å²) >= 11 is 5.82. The van der Waals surface area contributed by atoms with Crippen LogP contribution in [0.3, 0.4) is 0 Å². The maximum atomic E-state index is 13.5. The van der Waals surface area contributed by atoms with Crippen molar-refractivity contribution in [3.63, 3.8) is 0 Å². The SMILES string of the molecule is Nc1cccc(Cl)c1NC(=O)c1c(F)cc(F)cc1F. The molecule has 0 aliphatic carbocycles. The summed E-state index contributed by atoms with van der Waals surface area (Å²) < 4.78 is 39.7. The Morgan fingerprint density at radius 3 is 2.30 bits per heavy atom. The van der Waals surface area contributed by atoms with Crippen LogP contribution in [0, 0.1) is 17.5 Å². The van der Waals surface area contributed by atoms with Gasteiger partial charge in [-0.3, -0.25) is 4.79 Å². The first-order valence-corrected chi connectivity index (χ1v) is 5.78. The number of nitrogens with two attached hydrogens (primary N) is 1. The Bertz CT molecular complexity index is 648. The minimum absolute atomic E-state index is 0.0299. The van der Waals surface area contributed by atoms with Crippen molar-refractivity contribution in [2.45, 2.75) is 0 Å². The highest BCUT2D eigenvalue weighted by molar-refractivity contribution is 6.34. The van der Waals surface area contributed by atoms with E-state index in [0.717, 1.165) is 0 Å². The van der Waals surface area contributed by atoms with Gasteiger partial charge < -0.3 is 11.1 Å². The van der Waals surface area contributed by atoms with Crippen molar-refractivity contribution in [3.05, 3.63) is 58.4 Å². The van der Waals surface area contributed by atoms with Crippen molar-refractivity contribution in [1.29, 1.82) is 0 Å². The number of nitrogens with one attached hydrogen (secondary N) is 1. The maximum absolute atomic E-state index is 13.5. The number of rotatable bonds is 2. The van der Waals surface area contributed by atoms with Crippen LogP contribution in [0.25, 0.3) is 0 Å². The van der Waals surface area contributed by atoms with Gasteiger partial charge >= 0.3 is 0 Å². The number of hydrogen-bond acceptors (Lipinski definition) is 2. The van der Waals surface area contributed by atoms with Gasteiger partial charge in [-0.2, -0.15) is 0 Å². The summed E-state index contributed by atoms with van der Waals surface area (Å²) in [6, 6.07) is 5.28. The van der Waals surface area contributed by atoms with E-state index in [1.165, 1.54) is 12.1 Å². The minimum atomic E-state index is -1.31. The van der Waals surface area contributed by atoms with Gasteiger partial charge in [0.2, 0.25) is 0 Å². The van der Waals surface area contributed by atoms with Crippen LogP contribution in [-0.4, -0.2) is 5.91 Å². The molecule has 104 valence electrons. The minimum Gasteiger partial charge on any atom is -0.397 e. The topological polar surface area (TPSA) is 55.1 Å². The lowest BCUT2D eigenvalue weighted by atomic mass is 10.1. The molecule has 0 fully saturated rings. The number of halogens is 4. The Kier molecular flexibility index (Phi) is 3.85.